The third kappa shape index (κ3) is 5.19. The van der Waals surface area contributed by atoms with Gasteiger partial charge in [-0.1, -0.05) is 30.0 Å². The first-order valence-corrected chi connectivity index (χ1v) is 11.7. The van der Waals surface area contributed by atoms with E-state index in [4.69, 9.17) is 4.74 Å². The highest BCUT2D eigenvalue weighted by atomic mass is 32.2. The number of rotatable bonds is 5. The minimum Gasteiger partial charge on any atom is -0.463 e. The first kappa shape index (κ1) is 22.8. The summed E-state index contributed by atoms with van der Waals surface area (Å²) in [5, 5.41) is 6.29. The Bertz CT molecular complexity index is 1130. The number of nitrogens with one attached hydrogen (secondary N) is 2. The van der Waals surface area contributed by atoms with Gasteiger partial charge in [0.25, 0.3) is 0 Å². The molecule has 1 atom stereocenters. The average Bonchev–Trinajstić information content (AvgIpc) is 2.78. The molecule has 2 aromatic rings. The van der Waals surface area contributed by atoms with Crippen molar-refractivity contribution in [2.24, 2.45) is 4.99 Å². The number of aliphatic imine (C=N–C) groups is 1. The van der Waals surface area contributed by atoms with Crippen LogP contribution in [0.5, 0.6) is 0 Å². The van der Waals surface area contributed by atoms with Crippen LogP contribution in [0.1, 0.15) is 31.9 Å². The normalized spacial score (nSPS) is 17.7. The van der Waals surface area contributed by atoms with E-state index in [-0.39, 0.29) is 18.6 Å². The smallest absolute Gasteiger partial charge is 0.338 e. The predicted molar refractivity (Wildman–Crippen MR) is 129 cm³/mol. The van der Waals surface area contributed by atoms with Crippen molar-refractivity contribution in [2.75, 3.05) is 29.5 Å². The second-order valence-electron chi connectivity index (χ2n) is 7.63. The number of carbonyl (C=O) groups is 2. The molecule has 7 nitrogen and oxygen atoms in total. The zero-order valence-corrected chi connectivity index (χ0v) is 19.2. The molecule has 4 rings (SSSR count). The van der Waals surface area contributed by atoms with Gasteiger partial charge in [0.15, 0.2) is 5.17 Å². The fraction of sp³-hybridized carbons (Fsp3) is 0.292. The molecule has 9 heteroatoms. The molecular formula is C24H25FN4O3S. The van der Waals surface area contributed by atoms with Crippen LogP contribution in [0.2, 0.25) is 0 Å². The van der Waals surface area contributed by atoms with Crippen LogP contribution in [0.3, 0.4) is 0 Å². The van der Waals surface area contributed by atoms with Crippen LogP contribution in [0.15, 0.2) is 64.8 Å². The minimum absolute atomic E-state index is 0.273. The van der Waals surface area contributed by atoms with E-state index in [9.17, 15) is 14.0 Å². The van der Waals surface area contributed by atoms with E-state index in [1.165, 1.54) is 18.2 Å². The number of ether oxygens (including phenoxy) is 1. The molecule has 0 aromatic heterocycles. The summed E-state index contributed by atoms with van der Waals surface area (Å²) in [4.78, 5) is 32.1. The van der Waals surface area contributed by atoms with E-state index in [1.54, 1.807) is 30.8 Å². The maximum Gasteiger partial charge on any atom is 0.338 e. The summed E-state index contributed by atoms with van der Waals surface area (Å²) >= 11 is 1.67. The average molecular weight is 469 g/mol. The van der Waals surface area contributed by atoms with Crippen molar-refractivity contribution >= 4 is 40.3 Å². The van der Waals surface area contributed by atoms with E-state index >= 15 is 0 Å². The number of fused-ring (bicyclic) bond motifs is 1. The van der Waals surface area contributed by atoms with Crippen LogP contribution in [0, 0.1) is 5.82 Å². The van der Waals surface area contributed by atoms with Crippen LogP contribution < -0.4 is 10.6 Å². The van der Waals surface area contributed by atoms with Gasteiger partial charge in [-0.15, -0.1) is 0 Å². The van der Waals surface area contributed by atoms with Crippen molar-refractivity contribution in [3.8, 4) is 0 Å². The SMILES string of the molecule is CCOC(=O)C1=C(C)N=C2SCCCN2C1c1cccc(NC(=O)Nc2cccc(F)c2)c1. The lowest BCUT2D eigenvalue weighted by Gasteiger charge is -2.40. The Kier molecular flexibility index (Phi) is 6.98. The highest BCUT2D eigenvalue weighted by Gasteiger charge is 2.37. The van der Waals surface area contributed by atoms with Crippen LogP contribution in [-0.2, 0) is 9.53 Å². The number of carbonyl (C=O) groups excluding carboxylic acids is 2. The van der Waals surface area contributed by atoms with Crippen molar-refractivity contribution in [2.45, 2.75) is 26.3 Å². The first-order valence-electron chi connectivity index (χ1n) is 10.8. The van der Waals surface area contributed by atoms with Gasteiger partial charge in [-0.05, 0) is 56.2 Å². The van der Waals surface area contributed by atoms with E-state index in [1.807, 2.05) is 25.1 Å². The number of hydrogen-bond acceptors (Lipinski definition) is 6. The van der Waals surface area contributed by atoms with Gasteiger partial charge in [-0.2, -0.15) is 0 Å². The molecule has 33 heavy (non-hydrogen) atoms. The molecule has 0 saturated carbocycles. The van der Waals surface area contributed by atoms with E-state index in [0.29, 0.717) is 22.6 Å². The van der Waals surface area contributed by atoms with Gasteiger partial charge in [0.1, 0.15) is 5.82 Å². The minimum atomic E-state index is -0.491. The van der Waals surface area contributed by atoms with Crippen LogP contribution in [-0.4, -0.2) is 41.0 Å². The van der Waals surface area contributed by atoms with E-state index in [2.05, 4.69) is 20.5 Å². The molecule has 172 valence electrons. The summed E-state index contributed by atoms with van der Waals surface area (Å²) in [6.07, 6.45) is 0.976. The molecular weight excluding hydrogens is 443 g/mol. The molecule has 0 aliphatic carbocycles. The number of thioether (sulfide) groups is 1. The number of anilines is 2. The van der Waals surface area contributed by atoms with Crippen molar-refractivity contribution < 1.29 is 18.7 Å². The number of hydrogen-bond donors (Lipinski definition) is 2. The van der Waals surface area contributed by atoms with Crippen molar-refractivity contribution in [1.82, 2.24) is 4.90 Å². The molecule has 2 amide bonds. The van der Waals surface area contributed by atoms with Gasteiger partial charge < -0.3 is 20.3 Å². The lowest BCUT2D eigenvalue weighted by molar-refractivity contribution is -0.139. The molecule has 0 spiro atoms. The third-order valence-corrected chi connectivity index (χ3v) is 6.37. The van der Waals surface area contributed by atoms with Gasteiger partial charge >= 0.3 is 12.0 Å². The van der Waals surface area contributed by atoms with Crippen LogP contribution in [0.4, 0.5) is 20.6 Å². The molecule has 2 heterocycles. The molecule has 0 radical (unpaired) electrons. The maximum absolute atomic E-state index is 13.4. The third-order valence-electron chi connectivity index (χ3n) is 5.30. The van der Waals surface area contributed by atoms with E-state index in [0.717, 1.165) is 29.4 Å². The molecule has 2 N–H and O–H groups in total. The standard InChI is InChI=1S/C24H25FN4O3S/c1-3-32-22(30)20-15(2)26-24-29(11-6-12-33-24)21(20)16-7-4-9-18(13-16)27-23(31)28-19-10-5-8-17(25)14-19/h4-5,7-10,13-14,21H,3,6,11-12H2,1-2H3,(H2,27,28,31). The van der Waals surface area contributed by atoms with Crippen molar-refractivity contribution in [3.05, 3.63) is 71.2 Å². The number of benzene rings is 2. The van der Waals surface area contributed by atoms with Crippen molar-refractivity contribution in [1.29, 1.82) is 0 Å². The summed E-state index contributed by atoms with van der Waals surface area (Å²) in [7, 11) is 0. The number of amides is 2. The number of amidine groups is 1. The second kappa shape index (κ2) is 10.1. The van der Waals surface area contributed by atoms with Gasteiger partial charge in [-0.25, -0.2) is 19.0 Å². The monoisotopic (exact) mass is 468 g/mol. The molecule has 0 bridgehead atoms. The Balaban J connectivity index is 1.61. The Morgan fingerprint density at radius 1 is 1.18 bits per heavy atom. The van der Waals surface area contributed by atoms with Crippen LogP contribution >= 0.6 is 11.8 Å². The molecule has 1 saturated heterocycles. The summed E-state index contributed by atoms with van der Waals surface area (Å²) in [5.74, 6) is 0.157. The zero-order chi connectivity index (χ0) is 23.4. The van der Waals surface area contributed by atoms with Gasteiger partial charge in [0.05, 0.1) is 23.9 Å². The molecule has 2 aliphatic heterocycles. The van der Waals surface area contributed by atoms with Crippen LogP contribution in [0.25, 0.3) is 0 Å². The maximum atomic E-state index is 13.4. The Labute approximate surface area is 196 Å². The summed E-state index contributed by atoms with van der Waals surface area (Å²) < 4.78 is 18.7. The largest absolute Gasteiger partial charge is 0.463 e. The second-order valence-corrected chi connectivity index (χ2v) is 8.69. The fourth-order valence-corrected chi connectivity index (χ4v) is 4.95. The molecule has 1 fully saturated rings. The highest BCUT2D eigenvalue weighted by molar-refractivity contribution is 8.13. The van der Waals surface area contributed by atoms with Gasteiger partial charge in [0, 0.05) is 23.7 Å². The Morgan fingerprint density at radius 2 is 1.91 bits per heavy atom. The fourth-order valence-electron chi connectivity index (χ4n) is 3.93. The zero-order valence-electron chi connectivity index (χ0n) is 18.4. The molecule has 1 unspecified atom stereocenters. The predicted octanol–water partition coefficient (Wildman–Crippen LogP) is 5.16. The first-order chi connectivity index (χ1) is 16.0. The van der Waals surface area contributed by atoms with Gasteiger partial charge in [-0.3, -0.25) is 0 Å². The quantitative estimate of drug-likeness (QED) is 0.593. The summed E-state index contributed by atoms with van der Waals surface area (Å²) in [6.45, 7) is 4.64. The number of nitrogens with zero attached hydrogens (tertiary/aromatic N) is 2. The number of esters is 1. The Morgan fingerprint density at radius 3 is 2.64 bits per heavy atom. The highest BCUT2D eigenvalue weighted by Crippen LogP contribution is 2.40. The van der Waals surface area contributed by atoms with Crippen molar-refractivity contribution in [3.63, 3.8) is 0 Å². The molecule has 2 aliphatic rings. The van der Waals surface area contributed by atoms with E-state index < -0.39 is 11.8 Å². The number of halogens is 1. The number of urea groups is 1. The number of allylic oxidation sites excluding steroid dienone is 1. The lowest BCUT2D eigenvalue weighted by Crippen LogP contribution is -2.42. The summed E-state index contributed by atoms with van der Waals surface area (Å²) in [6, 6.07) is 12.2. The Hall–Kier alpha value is -3.33. The molecule has 2 aromatic carbocycles. The topological polar surface area (TPSA) is 83.0 Å². The van der Waals surface area contributed by atoms with Gasteiger partial charge in [0.2, 0.25) is 0 Å². The lowest BCUT2D eigenvalue weighted by atomic mass is 9.94. The summed E-state index contributed by atoms with van der Waals surface area (Å²) in [5.41, 5.74) is 2.89.